The number of para-hydroxylation sites is 1. The van der Waals surface area contributed by atoms with Crippen molar-refractivity contribution in [2.75, 3.05) is 13.7 Å². The molecule has 0 unspecified atom stereocenters. The van der Waals surface area contributed by atoms with Crippen molar-refractivity contribution in [2.24, 2.45) is 0 Å². The predicted octanol–water partition coefficient (Wildman–Crippen LogP) is 3.98. The summed E-state index contributed by atoms with van der Waals surface area (Å²) in [6, 6.07) is 13.3. The van der Waals surface area contributed by atoms with E-state index in [4.69, 9.17) is 25.8 Å². The number of carbonyl (C=O) groups is 1. The highest BCUT2D eigenvalue weighted by Crippen LogP contribution is 2.37. The molecule has 37 heavy (non-hydrogen) atoms. The summed E-state index contributed by atoms with van der Waals surface area (Å²) in [6.07, 6.45) is 0. The summed E-state index contributed by atoms with van der Waals surface area (Å²) in [4.78, 5) is 32.3. The zero-order valence-corrected chi connectivity index (χ0v) is 20.5. The number of nitro groups is 2. The van der Waals surface area contributed by atoms with Crippen LogP contribution >= 0.6 is 11.6 Å². The molecule has 0 aliphatic rings. The highest BCUT2D eigenvalue weighted by Gasteiger charge is 2.27. The number of halogens is 1. The second kappa shape index (κ2) is 11.6. The molecular formula is C22H18ClN3O10S. The van der Waals surface area contributed by atoms with Gasteiger partial charge in [0.15, 0.2) is 4.90 Å². The lowest BCUT2D eigenvalue weighted by molar-refractivity contribution is -0.387. The number of ether oxygens (including phenoxy) is 3. The third-order valence-corrected chi connectivity index (χ3v) is 6.49. The van der Waals surface area contributed by atoms with E-state index >= 15 is 0 Å². The predicted molar refractivity (Wildman–Crippen MR) is 129 cm³/mol. The molecule has 0 spiro atoms. The van der Waals surface area contributed by atoms with Crippen LogP contribution in [0.2, 0.25) is 5.02 Å². The minimum atomic E-state index is -4.41. The van der Waals surface area contributed by atoms with Crippen LogP contribution in [-0.4, -0.2) is 37.9 Å². The van der Waals surface area contributed by atoms with Gasteiger partial charge in [0.2, 0.25) is 15.8 Å². The van der Waals surface area contributed by atoms with Gasteiger partial charge in [-0.2, -0.15) is 4.72 Å². The number of methoxy groups -OCH3 is 1. The van der Waals surface area contributed by atoms with Gasteiger partial charge < -0.3 is 14.2 Å². The molecule has 0 amide bonds. The molecule has 0 saturated carbocycles. The Hall–Kier alpha value is -4.27. The topological polar surface area (TPSA) is 177 Å². The second-order valence-corrected chi connectivity index (χ2v) is 9.31. The monoisotopic (exact) mass is 551 g/mol. The van der Waals surface area contributed by atoms with Gasteiger partial charge in [-0.3, -0.25) is 25.0 Å². The molecule has 15 heteroatoms. The van der Waals surface area contributed by atoms with Crippen molar-refractivity contribution in [1.82, 2.24) is 4.72 Å². The molecule has 0 radical (unpaired) electrons. The Morgan fingerprint density at radius 1 is 0.973 bits per heavy atom. The van der Waals surface area contributed by atoms with Crippen LogP contribution in [0.1, 0.15) is 5.56 Å². The van der Waals surface area contributed by atoms with E-state index in [0.717, 1.165) is 12.1 Å². The van der Waals surface area contributed by atoms with E-state index in [2.05, 4.69) is 0 Å². The number of benzene rings is 3. The fraction of sp³-hybridized carbons (Fsp3) is 0.136. The molecule has 0 atom stereocenters. The molecule has 3 rings (SSSR count). The van der Waals surface area contributed by atoms with Gasteiger partial charge >= 0.3 is 11.7 Å². The summed E-state index contributed by atoms with van der Waals surface area (Å²) in [5, 5.41) is 22.5. The summed E-state index contributed by atoms with van der Waals surface area (Å²) in [7, 11) is -3.14. The number of sulfonamides is 1. The normalized spacial score (nSPS) is 11.0. The molecule has 3 aromatic carbocycles. The Balaban J connectivity index is 1.59. The number of nitrogens with zero attached hydrogens (tertiary/aromatic N) is 2. The second-order valence-electron chi connectivity index (χ2n) is 7.17. The van der Waals surface area contributed by atoms with Gasteiger partial charge in [0.25, 0.3) is 5.69 Å². The van der Waals surface area contributed by atoms with E-state index in [9.17, 15) is 33.4 Å². The molecule has 0 bridgehead atoms. The van der Waals surface area contributed by atoms with Crippen molar-refractivity contribution in [3.8, 4) is 17.2 Å². The summed E-state index contributed by atoms with van der Waals surface area (Å²) in [6.45, 7) is -1.00. The van der Waals surface area contributed by atoms with E-state index in [0.29, 0.717) is 5.56 Å². The van der Waals surface area contributed by atoms with Crippen molar-refractivity contribution < 1.29 is 37.3 Å². The molecule has 0 aliphatic carbocycles. The molecule has 0 heterocycles. The Labute approximate surface area is 214 Å². The van der Waals surface area contributed by atoms with Gasteiger partial charge in [-0.1, -0.05) is 29.8 Å². The van der Waals surface area contributed by atoms with Gasteiger partial charge in [-0.25, -0.2) is 8.42 Å². The quantitative estimate of drug-likeness (QED) is 0.208. The zero-order chi connectivity index (χ0) is 27.2. The van der Waals surface area contributed by atoms with Crippen LogP contribution < -0.4 is 14.2 Å². The number of rotatable bonds is 11. The van der Waals surface area contributed by atoms with Crippen LogP contribution in [0.3, 0.4) is 0 Å². The van der Waals surface area contributed by atoms with E-state index in [1.54, 1.807) is 0 Å². The van der Waals surface area contributed by atoms with E-state index in [1.807, 2.05) is 4.72 Å². The standard InChI is InChI=1S/C22H18ClN3O10S/c1-34-16-9-10-20(19(11-16)26(30)31)37(32,33)24-12-21(27)35-13-14-5-7-15(8-6-14)36-22-17(23)3-2-4-18(22)25(28)29/h2-11,24H,12-13H2,1H3. The van der Waals surface area contributed by atoms with Gasteiger partial charge in [-0.05, 0) is 35.9 Å². The Bertz CT molecular complexity index is 1450. The largest absolute Gasteiger partial charge is 0.497 e. The lowest BCUT2D eigenvalue weighted by atomic mass is 10.2. The third kappa shape index (κ3) is 6.91. The zero-order valence-electron chi connectivity index (χ0n) is 19.0. The molecule has 0 fully saturated rings. The minimum Gasteiger partial charge on any atom is -0.497 e. The number of nitro benzene ring substituents is 2. The number of esters is 1. The molecule has 13 nitrogen and oxygen atoms in total. The van der Waals surface area contributed by atoms with Gasteiger partial charge in [0.1, 0.15) is 24.7 Å². The number of carbonyl (C=O) groups excluding carboxylic acids is 1. The lowest BCUT2D eigenvalue weighted by Gasteiger charge is -2.10. The third-order valence-electron chi connectivity index (χ3n) is 4.74. The van der Waals surface area contributed by atoms with E-state index in [1.165, 1.54) is 55.6 Å². The minimum absolute atomic E-state index is 0.0506. The van der Waals surface area contributed by atoms with Crippen LogP contribution in [0.5, 0.6) is 17.2 Å². The van der Waals surface area contributed by atoms with Gasteiger partial charge in [-0.15, -0.1) is 0 Å². The SMILES string of the molecule is COc1ccc(S(=O)(=O)NCC(=O)OCc2ccc(Oc3c(Cl)cccc3[N+](=O)[O-])cc2)c([N+](=O)[O-])c1. The molecule has 3 aromatic rings. The first-order chi connectivity index (χ1) is 17.5. The number of nitrogens with one attached hydrogen (secondary N) is 1. The Kier molecular flexibility index (Phi) is 8.60. The fourth-order valence-electron chi connectivity index (χ4n) is 2.95. The van der Waals surface area contributed by atoms with E-state index in [-0.39, 0.29) is 34.6 Å². The number of hydrogen-bond acceptors (Lipinski definition) is 10. The summed E-state index contributed by atoms with van der Waals surface area (Å²) < 4.78 is 42.4. The fourth-order valence-corrected chi connectivity index (χ4v) is 4.28. The van der Waals surface area contributed by atoms with Gasteiger partial charge in [0, 0.05) is 6.07 Å². The first-order valence-corrected chi connectivity index (χ1v) is 12.1. The van der Waals surface area contributed by atoms with Crippen LogP contribution in [-0.2, 0) is 26.2 Å². The molecule has 0 aromatic heterocycles. The highest BCUT2D eigenvalue weighted by atomic mass is 35.5. The molecule has 0 aliphatic heterocycles. The summed E-state index contributed by atoms with van der Waals surface area (Å²) in [5.41, 5.74) is -0.527. The van der Waals surface area contributed by atoms with Crippen molar-refractivity contribution in [3.05, 3.63) is 91.5 Å². The maximum absolute atomic E-state index is 12.5. The first kappa shape index (κ1) is 27.3. The maximum atomic E-state index is 12.5. The van der Waals surface area contributed by atoms with Crippen molar-refractivity contribution >= 4 is 39.0 Å². The number of hydrogen-bond donors (Lipinski definition) is 1. The molecule has 0 saturated heterocycles. The van der Waals surface area contributed by atoms with Crippen molar-refractivity contribution in [1.29, 1.82) is 0 Å². The van der Waals surface area contributed by atoms with Crippen LogP contribution in [0.25, 0.3) is 0 Å². The average molecular weight is 552 g/mol. The average Bonchev–Trinajstić information content (AvgIpc) is 2.87. The Morgan fingerprint density at radius 3 is 2.24 bits per heavy atom. The molecular weight excluding hydrogens is 534 g/mol. The Morgan fingerprint density at radius 2 is 1.62 bits per heavy atom. The smallest absolute Gasteiger partial charge is 0.321 e. The maximum Gasteiger partial charge on any atom is 0.321 e. The van der Waals surface area contributed by atoms with Crippen molar-refractivity contribution in [3.63, 3.8) is 0 Å². The van der Waals surface area contributed by atoms with Crippen LogP contribution in [0.15, 0.2) is 65.6 Å². The van der Waals surface area contributed by atoms with Crippen molar-refractivity contribution in [2.45, 2.75) is 11.5 Å². The first-order valence-electron chi connectivity index (χ1n) is 10.2. The molecule has 1 N–H and O–H groups in total. The lowest BCUT2D eigenvalue weighted by Crippen LogP contribution is -2.31. The van der Waals surface area contributed by atoms with Gasteiger partial charge in [0.05, 0.1) is 28.0 Å². The summed E-state index contributed by atoms with van der Waals surface area (Å²) >= 11 is 6.00. The van der Waals surface area contributed by atoms with E-state index < -0.39 is 43.0 Å². The van der Waals surface area contributed by atoms with Crippen LogP contribution in [0.4, 0.5) is 11.4 Å². The van der Waals surface area contributed by atoms with Crippen LogP contribution in [0, 0.1) is 20.2 Å². The molecule has 194 valence electrons. The summed E-state index contributed by atoms with van der Waals surface area (Å²) in [5.74, 6) is -0.740. The highest BCUT2D eigenvalue weighted by molar-refractivity contribution is 7.89.